The highest BCUT2D eigenvalue weighted by molar-refractivity contribution is 5.98. The number of unbranched alkanes of at least 4 members (excludes halogenated alkanes) is 8. The number of aliphatic hydroxyl groups is 2. The van der Waals surface area contributed by atoms with Crippen LogP contribution in [-0.2, 0) is 36.8 Å². The third-order valence-electron chi connectivity index (χ3n) is 7.84. The molecule has 0 atom stereocenters. The molecule has 2 rings (SSSR count). The summed E-state index contributed by atoms with van der Waals surface area (Å²) in [4.78, 5) is 36.4. The molecule has 10 nitrogen and oxygen atoms in total. The molecule has 1 aliphatic heterocycles. The van der Waals surface area contributed by atoms with Crippen molar-refractivity contribution < 1.29 is 48.3 Å². The number of carbonyl (C=O) groups excluding carboxylic acids is 3. The molecular formula is C35H52O10. The second kappa shape index (κ2) is 21.4. The van der Waals surface area contributed by atoms with Crippen LogP contribution >= 0.6 is 0 Å². The molecule has 2 N–H and O–H groups in total. The number of esters is 3. The van der Waals surface area contributed by atoms with Gasteiger partial charge in [0.2, 0.25) is 0 Å². The lowest BCUT2D eigenvalue weighted by molar-refractivity contribution is -0.153. The molecule has 0 spiro atoms. The van der Waals surface area contributed by atoms with Gasteiger partial charge in [-0.25, -0.2) is 4.79 Å². The van der Waals surface area contributed by atoms with Gasteiger partial charge < -0.3 is 33.9 Å². The molecule has 0 aliphatic carbocycles. The Morgan fingerprint density at radius 3 is 2.20 bits per heavy atom. The topological polar surface area (TPSA) is 138 Å². The van der Waals surface area contributed by atoms with E-state index in [2.05, 4.69) is 6.58 Å². The van der Waals surface area contributed by atoms with Crippen LogP contribution in [0.15, 0.2) is 24.3 Å². The molecule has 0 radical (unpaired) electrons. The zero-order chi connectivity index (χ0) is 33.0. The number of rotatable bonds is 24. The molecule has 0 bridgehead atoms. The second-order valence-corrected chi connectivity index (χ2v) is 11.4. The van der Waals surface area contributed by atoms with E-state index < -0.39 is 12.1 Å². The van der Waals surface area contributed by atoms with Gasteiger partial charge in [-0.3, -0.25) is 9.59 Å². The van der Waals surface area contributed by atoms with Crippen LogP contribution in [0.3, 0.4) is 0 Å². The van der Waals surface area contributed by atoms with E-state index >= 15 is 0 Å². The molecule has 1 aliphatic rings. The summed E-state index contributed by atoms with van der Waals surface area (Å²) in [5.41, 5.74) is 3.89. The number of hydrogen-bond donors (Lipinski definition) is 2. The third kappa shape index (κ3) is 12.9. The largest absolute Gasteiger partial charge is 0.496 e. The lowest BCUT2D eigenvalue weighted by Gasteiger charge is -2.19. The summed E-state index contributed by atoms with van der Waals surface area (Å²) in [5, 5.41) is 17.9. The van der Waals surface area contributed by atoms with Gasteiger partial charge >= 0.3 is 17.9 Å². The molecular weight excluding hydrogens is 580 g/mol. The number of ether oxygens (including phenoxy) is 5. The monoisotopic (exact) mass is 632 g/mol. The van der Waals surface area contributed by atoms with Crippen LogP contribution in [0.4, 0.5) is 0 Å². The van der Waals surface area contributed by atoms with Gasteiger partial charge in [0.25, 0.3) is 0 Å². The van der Waals surface area contributed by atoms with E-state index in [-0.39, 0.29) is 38.4 Å². The summed E-state index contributed by atoms with van der Waals surface area (Å²) in [7, 11) is 1.60. The maximum absolute atomic E-state index is 12.5. The average Bonchev–Trinajstić information content (AvgIpc) is 3.43. The summed E-state index contributed by atoms with van der Waals surface area (Å²) >= 11 is 0. The van der Waals surface area contributed by atoms with E-state index in [1.165, 1.54) is 0 Å². The van der Waals surface area contributed by atoms with E-state index in [1.54, 1.807) is 13.2 Å². The minimum Gasteiger partial charge on any atom is -0.496 e. The summed E-state index contributed by atoms with van der Waals surface area (Å²) < 4.78 is 27.3. The Labute approximate surface area is 267 Å². The van der Waals surface area contributed by atoms with E-state index in [0.29, 0.717) is 49.4 Å². The van der Waals surface area contributed by atoms with Crippen LogP contribution in [-0.4, -0.2) is 67.8 Å². The van der Waals surface area contributed by atoms with Crippen molar-refractivity contribution in [2.45, 2.75) is 110 Å². The predicted octanol–water partition coefficient (Wildman–Crippen LogP) is 5.85. The van der Waals surface area contributed by atoms with Crippen molar-refractivity contribution in [3.05, 3.63) is 46.6 Å². The fourth-order valence-corrected chi connectivity index (χ4v) is 5.23. The van der Waals surface area contributed by atoms with E-state index in [0.717, 1.165) is 80.1 Å². The number of carbonyl (C=O) groups is 3. The molecule has 1 heterocycles. The highest BCUT2D eigenvalue weighted by atomic mass is 16.6. The Morgan fingerprint density at radius 1 is 0.933 bits per heavy atom. The second-order valence-electron chi connectivity index (χ2n) is 11.4. The fourth-order valence-electron chi connectivity index (χ4n) is 5.23. The summed E-state index contributed by atoms with van der Waals surface area (Å²) in [6, 6.07) is 0. The van der Waals surface area contributed by atoms with E-state index in [1.807, 2.05) is 19.9 Å². The molecule has 0 aromatic heterocycles. The quantitative estimate of drug-likeness (QED) is 0.0618. The van der Waals surface area contributed by atoms with Crippen molar-refractivity contribution in [3.8, 4) is 11.5 Å². The van der Waals surface area contributed by atoms with E-state index in [4.69, 9.17) is 33.9 Å². The summed E-state index contributed by atoms with van der Waals surface area (Å²) in [6.07, 6.45) is 13.6. The van der Waals surface area contributed by atoms with Crippen molar-refractivity contribution in [2.24, 2.45) is 0 Å². The molecule has 0 saturated carbocycles. The Morgan fingerprint density at radius 2 is 1.58 bits per heavy atom. The molecule has 0 unspecified atom stereocenters. The van der Waals surface area contributed by atoms with Crippen LogP contribution in [0.1, 0.15) is 111 Å². The SMILES string of the molecule is C=CCOc1c(C/C=C(\C)CCC(=O)OCCCCCCCCCCCC(=O)OC(CO)CO)c(OC)c(C)c2c1C(=O)OC2. The fraction of sp³-hybridized carbons (Fsp3) is 0.629. The molecule has 45 heavy (non-hydrogen) atoms. The number of allylic oxidation sites excluding steroid dienone is 2. The molecule has 1 aromatic rings. The van der Waals surface area contributed by atoms with Crippen LogP contribution in [0.5, 0.6) is 11.5 Å². The molecule has 0 fully saturated rings. The maximum atomic E-state index is 12.5. The number of cyclic esters (lactones) is 1. The van der Waals surface area contributed by atoms with Gasteiger partial charge in [0.15, 0.2) is 0 Å². The Balaban J connectivity index is 1.62. The van der Waals surface area contributed by atoms with Gasteiger partial charge in [-0.1, -0.05) is 69.2 Å². The van der Waals surface area contributed by atoms with Crippen LogP contribution in [0, 0.1) is 6.92 Å². The normalized spacial score (nSPS) is 12.6. The highest BCUT2D eigenvalue weighted by Gasteiger charge is 2.33. The molecule has 10 heteroatoms. The van der Waals surface area contributed by atoms with Crippen molar-refractivity contribution in [1.29, 1.82) is 0 Å². The minimum absolute atomic E-state index is 0.197. The smallest absolute Gasteiger partial charge is 0.342 e. The third-order valence-corrected chi connectivity index (χ3v) is 7.84. The predicted molar refractivity (Wildman–Crippen MR) is 170 cm³/mol. The summed E-state index contributed by atoms with van der Waals surface area (Å²) in [5.74, 6) is 0.145. The first kappa shape index (κ1) is 37.8. The first-order valence-electron chi connectivity index (χ1n) is 16.1. The average molecular weight is 633 g/mol. The number of benzene rings is 1. The maximum Gasteiger partial charge on any atom is 0.342 e. The molecule has 1 aromatic carbocycles. The molecule has 0 amide bonds. The van der Waals surface area contributed by atoms with Crippen LogP contribution in [0.25, 0.3) is 0 Å². The van der Waals surface area contributed by atoms with Crippen LogP contribution < -0.4 is 9.47 Å². The van der Waals surface area contributed by atoms with Gasteiger partial charge in [-0.15, -0.1) is 0 Å². The van der Waals surface area contributed by atoms with E-state index in [9.17, 15) is 14.4 Å². The van der Waals surface area contributed by atoms with Gasteiger partial charge in [-0.05, 0) is 45.1 Å². The van der Waals surface area contributed by atoms with Crippen molar-refractivity contribution >= 4 is 17.9 Å². The van der Waals surface area contributed by atoms with Crippen molar-refractivity contribution in [2.75, 3.05) is 33.5 Å². The van der Waals surface area contributed by atoms with Gasteiger partial charge in [0, 0.05) is 24.0 Å². The first-order chi connectivity index (χ1) is 21.8. The zero-order valence-electron chi connectivity index (χ0n) is 27.3. The van der Waals surface area contributed by atoms with Gasteiger partial charge in [-0.2, -0.15) is 0 Å². The van der Waals surface area contributed by atoms with Crippen LogP contribution in [0.2, 0.25) is 0 Å². The van der Waals surface area contributed by atoms with Gasteiger partial charge in [0.05, 0.1) is 26.9 Å². The Bertz CT molecular complexity index is 1140. The summed E-state index contributed by atoms with van der Waals surface area (Å²) in [6.45, 7) is 7.73. The number of hydrogen-bond acceptors (Lipinski definition) is 10. The lowest BCUT2D eigenvalue weighted by atomic mass is 9.94. The minimum atomic E-state index is -0.821. The zero-order valence-corrected chi connectivity index (χ0v) is 27.3. The number of aliphatic hydroxyl groups excluding tert-OH is 2. The molecule has 0 saturated heterocycles. The van der Waals surface area contributed by atoms with Gasteiger partial charge in [0.1, 0.15) is 36.4 Å². The molecule has 252 valence electrons. The number of fused-ring (bicyclic) bond motifs is 1. The van der Waals surface area contributed by atoms with Crippen molar-refractivity contribution in [1.82, 2.24) is 0 Å². The Hall–Kier alpha value is -3.37. The number of methoxy groups -OCH3 is 1. The lowest BCUT2D eigenvalue weighted by Crippen LogP contribution is -2.25. The Kier molecular flexibility index (Phi) is 18.0. The standard InChI is InChI=1S/C35H52O10/c1-5-20-43-34-28(33(41-4)26(3)29-24-44-35(40)32(29)34)18-16-25(2)17-19-30(38)42-21-14-12-10-8-6-7-9-11-13-15-31(39)45-27(22-36)23-37/h5,16,27,36-37H,1,6-15,17-24H2,2-4H3/b25-16+. The first-order valence-corrected chi connectivity index (χ1v) is 16.1. The van der Waals surface area contributed by atoms with Crippen molar-refractivity contribution in [3.63, 3.8) is 0 Å². The highest BCUT2D eigenvalue weighted by Crippen LogP contribution is 2.43.